The smallest absolute Gasteiger partial charge is 0.255 e. The van der Waals surface area contributed by atoms with Gasteiger partial charge in [0.1, 0.15) is 12.0 Å². The molecule has 2 aromatic heterocycles. The van der Waals surface area contributed by atoms with E-state index in [4.69, 9.17) is 16.1 Å². The van der Waals surface area contributed by atoms with E-state index < -0.39 is 0 Å². The van der Waals surface area contributed by atoms with E-state index in [1.165, 1.54) is 17.4 Å². The highest BCUT2D eigenvalue weighted by Crippen LogP contribution is 2.30. The lowest BCUT2D eigenvalue weighted by Crippen LogP contribution is -2.40. The van der Waals surface area contributed by atoms with E-state index in [1.54, 1.807) is 36.2 Å². The van der Waals surface area contributed by atoms with E-state index in [-0.39, 0.29) is 18.4 Å². The third-order valence-corrected chi connectivity index (χ3v) is 4.86. The Kier molecular flexibility index (Phi) is 5.18. The van der Waals surface area contributed by atoms with Gasteiger partial charge in [0, 0.05) is 24.3 Å². The topological polar surface area (TPSA) is 91.6 Å². The molecule has 148 valence electrons. The number of benzene rings is 1. The highest BCUT2D eigenvalue weighted by atomic mass is 35.5. The first-order valence-electron chi connectivity index (χ1n) is 8.95. The van der Waals surface area contributed by atoms with Crippen LogP contribution in [0, 0.1) is 0 Å². The number of halogens is 1. The summed E-state index contributed by atoms with van der Waals surface area (Å²) in [5, 5.41) is 7.45. The molecular formula is C20H18ClN5O3. The summed E-state index contributed by atoms with van der Waals surface area (Å²) in [5.41, 5.74) is 2.52. The number of amides is 2. The standard InChI is InChI=1S/C20H18ClN5O3/c1-25(12-16-6-7-29-24-16)20(28)14-8-17-19(22-9-14)23-10-18(27)26(17)11-13-2-4-15(21)5-3-13/h2-9H,10-12H2,1H3,(H,22,23). The number of nitrogens with zero attached hydrogens (tertiary/aromatic N) is 4. The van der Waals surface area contributed by atoms with Crippen LogP contribution in [0.3, 0.4) is 0 Å². The second-order valence-electron chi connectivity index (χ2n) is 6.70. The van der Waals surface area contributed by atoms with Gasteiger partial charge in [-0.15, -0.1) is 0 Å². The van der Waals surface area contributed by atoms with Gasteiger partial charge in [0.15, 0.2) is 5.82 Å². The zero-order valence-corrected chi connectivity index (χ0v) is 16.4. The Labute approximate surface area is 172 Å². The molecule has 0 saturated carbocycles. The molecule has 0 bridgehead atoms. The van der Waals surface area contributed by atoms with E-state index in [1.807, 2.05) is 12.1 Å². The zero-order chi connectivity index (χ0) is 20.4. The molecule has 4 rings (SSSR count). The summed E-state index contributed by atoms with van der Waals surface area (Å²) < 4.78 is 4.80. The van der Waals surface area contributed by atoms with Crippen molar-refractivity contribution in [1.82, 2.24) is 15.0 Å². The molecule has 0 unspecified atom stereocenters. The lowest BCUT2D eigenvalue weighted by Gasteiger charge is -2.30. The normalized spacial score (nSPS) is 13.0. The fraction of sp³-hybridized carbons (Fsp3) is 0.200. The average molecular weight is 412 g/mol. The minimum Gasteiger partial charge on any atom is -0.364 e. The first-order valence-corrected chi connectivity index (χ1v) is 9.32. The van der Waals surface area contributed by atoms with Crippen molar-refractivity contribution in [3.63, 3.8) is 0 Å². The quantitative estimate of drug-likeness (QED) is 0.694. The number of pyridine rings is 1. The number of carbonyl (C=O) groups is 2. The van der Waals surface area contributed by atoms with Crippen molar-refractivity contribution in [1.29, 1.82) is 0 Å². The Hall–Kier alpha value is -3.39. The van der Waals surface area contributed by atoms with Crippen molar-refractivity contribution >= 4 is 34.9 Å². The van der Waals surface area contributed by atoms with Crippen LogP contribution in [0.2, 0.25) is 5.02 Å². The summed E-state index contributed by atoms with van der Waals surface area (Å²) in [5.74, 6) is 0.233. The minimum absolute atomic E-state index is 0.102. The zero-order valence-electron chi connectivity index (χ0n) is 15.6. The molecule has 1 aliphatic rings. The number of carbonyl (C=O) groups excluding carboxylic acids is 2. The van der Waals surface area contributed by atoms with Crippen molar-refractivity contribution in [2.75, 3.05) is 23.8 Å². The highest BCUT2D eigenvalue weighted by Gasteiger charge is 2.27. The van der Waals surface area contributed by atoms with Crippen LogP contribution < -0.4 is 10.2 Å². The maximum atomic E-state index is 12.8. The van der Waals surface area contributed by atoms with Crippen molar-refractivity contribution in [3.05, 3.63) is 70.7 Å². The molecule has 1 aromatic carbocycles. The predicted octanol–water partition coefficient (Wildman–Crippen LogP) is 2.95. The Morgan fingerprint density at radius 1 is 1.31 bits per heavy atom. The monoisotopic (exact) mass is 411 g/mol. The van der Waals surface area contributed by atoms with E-state index in [0.717, 1.165) is 5.56 Å². The first kappa shape index (κ1) is 18.9. The molecule has 0 atom stereocenters. The summed E-state index contributed by atoms with van der Waals surface area (Å²) >= 11 is 5.95. The van der Waals surface area contributed by atoms with Crippen LogP contribution in [0.15, 0.2) is 53.4 Å². The van der Waals surface area contributed by atoms with E-state index in [9.17, 15) is 9.59 Å². The lowest BCUT2D eigenvalue weighted by molar-refractivity contribution is -0.117. The molecule has 3 heterocycles. The SMILES string of the molecule is CN(Cc1ccon1)C(=O)c1cnc2c(c1)N(Cc1ccc(Cl)cc1)C(=O)CN2. The Morgan fingerprint density at radius 3 is 2.83 bits per heavy atom. The van der Waals surface area contributed by atoms with Crippen LogP contribution in [0.25, 0.3) is 0 Å². The molecule has 0 saturated heterocycles. The second kappa shape index (κ2) is 7.92. The summed E-state index contributed by atoms with van der Waals surface area (Å²) in [7, 11) is 1.67. The van der Waals surface area contributed by atoms with Gasteiger partial charge in [-0.2, -0.15) is 0 Å². The Morgan fingerprint density at radius 2 is 2.10 bits per heavy atom. The number of hydrogen-bond donors (Lipinski definition) is 1. The third kappa shape index (κ3) is 4.07. The van der Waals surface area contributed by atoms with Crippen LogP contribution in [-0.2, 0) is 17.9 Å². The summed E-state index contributed by atoms with van der Waals surface area (Å²) in [6.07, 6.45) is 2.96. The molecule has 3 aromatic rings. The van der Waals surface area contributed by atoms with Crippen LogP contribution in [-0.4, -0.2) is 40.4 Å². The number of aromatic nitrogens is 2. The molecule has 0 aliphatic carbocycles. The molecule has 8 nitrogen and oxygen atoms in total. The molecule has 0 spiro atoms. The van der Waals surface area contributed by atoms with E-state index in [0.29, 0.717) is 40.9 Å². The predicted molar refractivity (Wildman–Crippen MR) is 108 cm³/mol. The fourth-order valence-corrected chi connectivity index (χ4v) is 3.23. The number of nitrogens with one attached hydrogen (secondary N) is 1. The van der Waals surface area contributed by atoms with Crippen LogP contribution in [0.4, 0.5) is 11.5 Å². The van der Waals surface area contributed by atoms with Crippen molar-refractivity contribution in [3.8, 4) is 0 Å². The average Bonchev–Trinajstić information content (AvgIpc) is 3.23. The van der Waals surface area contributed by atoms with Gasteiger partial charge in [0.05, 0.1) is 30.9 Å². The van der Waals surface area contributed by atoms with Gasteiger partial charge in [-0.1, -0.05) is 28.9 Å². The Balaban J connectivity index is 1.59. The van der Waals surface area contributed by atoms with E-state index in [2.05, 4.69) is 15.5 Å². The number of fused-ring (bicyclic) bond motifs is 1. The molecule has 29 heavy (non-hydrogen) atoms. The number of hydrogen-bond acceptors (Lipinski definition) is 6. The third-order valence-electron chi connectivity index (χ3n) is 4.60. The molecular weight excluding hydrogens is 394 g/mol. The fourth-order valence-electron chi connectivity index (χ4n) is 3.10. The maximum Gasteiger partial charge on any atom is 0.255 e. The van der Waals surface area contributed by atoms with Gasteiger partial charge in [0.25, 0.3) is 5.91 Å². The lowest BCUT2D eigenvalue weighted by atomic mass is 10.1. The van der Waals surface area contributed by atoms with Crippen molar-refractivity contribution < 1.29 is 14.1 Å². The van der Waals surface area contributed by atoms with Crippen LogP contribution in [0.1, 0.15) is 21.6 Å². The molecule has 1 N–H and O–H groups in total. The maximum absolute atomic E-state index is 12.8. The first-order chi connectivity index (χ1) is 14.0. The molecule has 0 fully saturated rings. The van der Waals surface area contributed by atoms with Gasteiger partial charge >= 0.3 is 0 Å². The molecule has 0 radical (unpaired) electrons. The highest BCUT2D eigenvalue weighted by molar-refractivity contribution is 6.30. The van der Waals surface area contributed by atoms with Gasteiger partial charge in [-0.05, 0) is 23.8 Å². The van der Waals surface area contributed by atoms with Crippen LogP contribution in [0.5, 0.6) is 0 Å². The Bertz CT molecular complexity index is 1040. The number of anilines is 2. The van der Waals surface area contributed by atoms with Gasteiger partial charge in [-0.3, -0.25) is 9.59 Å². The van der Waals surface area contributed by atoms with Crippen molar-refractivity contribution in [2.24, 2.45) is 0 Å². The minimum atomic E-state index is -0.229. The molecule has 9 heteroatoms. The largest absolute Gasteiger partial charge is 0.364 e. The van der Waals surface area contributed by atoms with Gasteiger partial charge < -0.3 is 19.6 Å². The summed E-state index contributed by atoms with van der Waals surface area (Å²) in [4.78, 5) is 32.9. The summed E-state index contributed by atoms with van der Waals surface area (Å²) in [6.45, 7) is 0.809. The van der Waals surface area contributed by atoms with Gasteiger partial charge in [0.2, 0.25) is 5.91 Å². The molecule has 1 aliphatic heterocycles. The van der Waals surface area contributed by atoms with Gasteiger partial charge in [-0.25, -0.2) is 4.98 Å². The van der Waals surface area contributed by atoms with Crippen molar-refractivity contribution in [2.45, 2.75) is 13.1 Å². The number of rotatable bonds is 5. The molecule has 2 amide bonds. The van der Waals surface area contributed by atoms with Crippen LogP contribution >= 0.6 is 11.6 Å². The summed E-state index contributed by atoms with van der Waals surface area (Å²) in [6, 6.07) is 10.7. The second-order valence-corrected chi connectivity index (χ2v) is 7.14. The van der Waals surface area contributed by atoms with E-state index >= 15 is 0 Å².